The molecule has 17 heavy (non-hydrogen) atoms. The van der Waals surface area contributed by atoms with E-state index in [4.69, 9.17) is 5.73 Å². The van der Waals surface area contributed by atoms with Crippen molar-refractivity contribution in [3.8, 4) is 0 Å². The largest absolute Gasteiger partial charge is 0.326 e. The molecule has 0 radical (unpaired) electrons. The van der Waals surface area contributed by atoms with Gasteiger partial charge in [-0.15, -0.1) is 11.3 Å². The molecule has 3 rings (SSSR count). The van der Waals surface area contributed by atoms with E-state index in [0.29, 0.717) is 0 Å². The first-order valence-corrected chi connectivity index (χ1v) is 6.57. The van der Waals surface area contributed by atoms with Crippen LogP contribution < -0.4 is 5.73 Å². The Morgan fingerprint density at radius 2 is 2.29 bits per heavy atom. The van der Waals surface area contributed by atoms with E-state index < -0.39 is 0 Å². The SMILES string of the molecule is Cc1cc2c(ccc3cnn(CC(C)N)c32)s1. The van der Waals surface area contributed by atoms with Gasteiger partial charge in [-0.05, 0) is 32.0 Å². The number of aromatic nitrogens is 2. The summed E-state index contributed by atoms with van der Waals surface area (Å²) in [7, 11) is 0. The van der Waals surface area contributed by atoms with Crippen molar-refractivity contribution in [3.63, 3.8) is 0 Å². The fraction of sp³-hybridized carbons (Fsp3) is 0.308. The lowest BCUT2D eigenvalue weighted by molar-refractivity contribution is 0.554. The Bertz CT molecular complexity index is 678. The second-order valence-electron chi connectivity index (χ2n) is 4.58. The maximum Gasteiger partial charge on any atom is 0.0769 e. The van der Waals surface area contributed by atoms with Gasteiger partial charge >= 0.3 is 0 Å². The van der Waals surface area contributed by atoms with E-state index in [-0.39, 0.29) is 6.04 Å². The van der Waals surface area contributed by atoms with Gasteiger partial charge in [0.05, 0.1) is 18.3 Å². The summed E-state index contributed by atoms with van der Waals surface area (Å²) in [5, 5.41) is 6.92. The van der Waals surface area contributed by atoms with Crippen molar-refractivity contribution < 1.29 is 0 Å². The molecule has 0 spiro atoms. The number of rotatable bonds is 2. The minimum atomic E-state index is 0.119. The monoisotopic (exact) mass is 245 g/mol. The van der Waals surface area contributed by atoms with E-state index in [9.17, 15) is 0 Å². The minimum Gasteiger partial charge on any atom is -0.326 e. The number of nitrogens with two attached hydrogens (primary N) is 1. The molecule has 0 aliphatic heterocycles. The zero-order valence-corrected chi connectivity index (χ0v) is 10.8. The van der Waals surface area contributed by atoms with Gasteiger partial charge in [-0.1, -0.05) is 0 Å². The van der Waals surface area contributed by atoms with Crippen molar-refractivity contribution in [1.82, 2.24) is 9.78 Å². The van der Waals surface area contributed by atoms with Crippen molar-refractivity contribution in [3.05, 3.63) is 29.3 Å². The van der Waals surface area contributed by atoms with Gasteiger partial charge in [0.1, 0.15) is 0 Å². The van der Waals surface area contributed by atoms with Crippen LogP contribution in [0.25, 0.3) is 21.0 Å². The Kier molecular flexibility index (Phi) is 2.42. The van der Waals surface area contributed by atoms with Gasteiger partial charge in [-0.25, -0.2) is 0 Å². The molecule has 1 atom stereocenters. The molecule has 0 saturated carbocycles. The number of hydrogen-bond acceptors (Lipinski definition) is 3. The summed E-state index contributed by atoms with van der Waals surface area (Å²) in [5.74, 6) is 0. The van der Waals surface area contributed by atoms with Crippen molar-refractivity contribution in [2.45, 2.75) is 26.4 Å². The zero-order chi connectivity index (χ0) is 12.0. The highest BCUT2D eigenvalue weighted by Crippen LogP contribution is 2.31. The van der Waals surface area contributed by atoms with E-state index in [1.807, 2.05) is 29.1 Å². The van der Waals surface area contributed by atoms with Crippen LogP contribution in [0.2, 0.25) is 0 Å². The summed E-state index contributed by atoms with van der Waals surface area (Å²) < 4.78 is 3.34. The summed E-state index contributed by atoms with van der Waals surface area (Å²) in [6, 6.07) is 6.67. The number of aryl methyl sites for hydroxylation is 1. The van der Waals surface area contributed by atoms with Crippen LogP contribution in [0.1, 0.15) is 11.8 Å². The van der Waals surface area contributed by atoms with Crippen molar-refractivity contribution in [2.75, 3.05) is 0 Å². The molecule has 1 unspecified atom stereocenters. The minimum absolute atomic E-state index is 0.119. The highest BCUT2D eigenvalue weighted by Gasteiger charge is 2.10. The number of nitrogens with zero attached hydrogens (tertiary/aromatic N) is 2. The van der Waals surface area contributed by atoms with Gasteiger partial charge in [0.15, 0.2) is 0 Å². The third-order valence-corrected chi connectivity index (χ3v) is 3.90. The molecule has 0 amide bonds. The van der Waals surface area contributed by atoms with Crippen LogP contribution in [-0.2, 0) is 6.54 Å². The summed E-state index contributed by atoms with van der Waals surface area (Å²) in [6.45, 7) is 4.91. The molecular formula is C13H15N3S. The fourth-order valence-electron chi connectivity index (χ4n) is 2.23. The van der Waals surface area contributed by atoms with E-state index in [0.717, 1.165) is 6.54 Å². The van der Waals surface area contributed by atoms with Crippen LogP contribution in [0.4, 0.5) is 0 Å². The maximum atomic E-state index is 5.87. The predicted octanol–water partition coefficient (Wildman–Crippen LogP) is 2.91. The normalized spacial score (nSPS) is 13.6. The third-order valence-electron chi connectivity index (χ3n) is 2.88. The number of thiophene rings is 1. The van der Waals surface area contributed by atoms with Gasteiger partial charge in [0, 0.05) is 26.4 Å². The van der Waals surface area contributed by atoms with Crippen LogP contribution >= 0.6 is 11.3 Å². The Hall–Kier alpha value is -1.39. The molecular weight excluding hydrogens is 230 g/mol. The van der Waals surface area contributed by atoms with E-state index in [2.05, 4.69) is 30.2 Å². The Labute approximate surface area is 104 Å². The van der Waals surface area contributed by atoms with Crippen LogP contribution in [-0.4, -0.2) is 15.8 Å². The highest BCUT2D eigenvalue weighted by atomic mass is 32.1. The average Bonchev–Trinajstić information content (AvgIpc) is 2.79. The van der Waals surface area contributed by atoms with Gasteiger partial charge in [-0.2, -0.15) is 5.10 Å². The van der Waals surface area contributed by atoms with Crippen molar-refractivity contribution in [2.24, 2.45) is 5.73 Å². The van der Waals surface area contributed by atoms with Gasteiger partial charge in [0.25, 0.3) is 0 Å². The molecule has 1 aromatic carbocycles. The van der Waals surface area contributed by atoms with E-state index in [1.54, 1.807) is 0 Å². The molecule has 0 fully saturated rings. The number of benzene rings is 1. The molecule has 0 bridgehead atoms. The number of hydrogen-bond donors (Lipinski definition) is 1. The molecule has 3 aromatic rings. The Balaban J connectivity index is 2.33. The molecule has 0 saturated heterocycles. The Morgan fingerprint density at radius 1 is 1.47 bits per heavy atom. The lowest BCUT2D eigenvalue weighted by Crippen LogP contribution is -2.22. The first-order chi connectivity index (χ1) is 8.15. The van der Waals surface area contributed by atoms with E-state index in [1.165, 1.54) is 25.9 Å². The highest BCUT2D eigenvalue weighted by molar-refractivity contribution is 7.19. The molecule has 0 aliphatic rings. The quantitative estimate of drug-likeness (QED) is 0.754. The smallest absolute Gasteiger partial charge is 0.0769 e. The molecule has 2 aromatic heterocycles. The van der Waals surface area contributed by atoms with Gasteiger partial charge in [-0.3, -0.25) is 4.68 Å². The molecule has 0 aliphatic carbocycles. The third kappa shape index (κ3) is 1.73. The molecule has 2 N–H and O–H groups in total. The number of fused-ring (bicyclic) bond motifs is 3. The van der Waals surface area contributed by atoms with Gasteiger partial charge in [0.2, 0.25) is 0 Å². The zero-order valence-electron chi connectivity index (χ0n) is 9.97. The lowest BCUT2D eigenvalue weighted by Gasteiger charge is -2.07. The predicted molar refractivity (Wildman–Crippen MR) is 73.5 cm³/mol. The maximum absolute atomic E-state index is 5.87. The topological polar surface area (TPSA) is 43.8 Å². The fourth-order valence-corrected chi connectivity index (χ4v) is 3.16. The second kappa shape index (κ2) is 3.82. The lowest BCUT2D eigenvalue weighted by atomic mass is 10.2. The van der Waals surface area contributed by atoms with Crippen molar-refractivity contribution >= 4 is 32.3 Å². The summed E-state index contributed by atoms with van der Waals surface area (Å²) in [5.41, 5.74) is 7.08. The Morgan fingerprint density at radius 3 is 3.06 bits per heavy atom. The molecule has 88 valence electrons. The van der Waals surface area contributed by atoms with E-state index >= 15 is 0 Å². The standard InChI is InChI=1S/C13H15N3S/c1-8(14)7-16-13-10(6-15-16)3-4-12-11(13)5-9(2)17-12/h3-6,8H,7,14H2,1-2H3. The van der Waals surface area contributed by atoms with Crippen LogP contribution in [0.15, 0.2) is 24.4 Å². The molecule has 4 heteroatoms. The van der Waals surface area contributed by atoms with Gasteiger partial charge < -0.3 is 5.73 Å². The summed E-state index contributed by atoms with van der Waals surface area (Å²) >= 11 is 1.83. The first-order valence-electron chi connectivity index (χ1n) is 5.75. The van der Waals surface area contributed by atoms with Crippen LogP contribution in [0, 0.1) is 6.92 Å². The van der Waals surface area contributed by atoms with Crippen molar-refractivity contribution in [1.29, 1.82) is 0 Å². The average molecular weight is 245 g/mol. The molecule has 3 nitrogen and oxygen atoms in total. The van der Waals surface area contributed by atoms with Crippen LogP contribution in [0.5, 0.6) is 0 Å². The first kappa shape index (κ1) is 10.7. The summed E-state index contributed by atoms with van der Waals surface area (Å²) in [6.07, 6.45) is 1.92. The molecule has 2 heterocycles. The second-order valence-corrected chi connectivity index (χ2v) is 5.86. The summed E-state index contributed by atoms with van der Waals surface area (Å²) in [4.78, 5) is 1.33. The van der Waals surface area contributed by atoms with Crippen LogP contribution in [0.3, 0.4) is 0 Å².